The summed E-state index contributed by atoms with van der Waals surface area (Å²) < 4.78 is 10.5. The zero-order chi connectivity index (χ0) is 20.7. The summed E-state index contributed by atoms with van der Waals surface area (Å²) in [6.45, 7) is 0. The van der Waals surface area contributed by atoms with Gasteiger partial charge in [0.15, 0.2) is 23.1 Å². The lowest BCUT2D eigenvalue weighted by molar-refractivity contribution is 0.0890. The Labute approximate surface area is 166 Å². The number of hydrogen-bond donors (Lipinski definition) is 0. The standard InChI is InChI=1S/C23H16O6/c1-28-22-16(18(24)12-7-3-5-9-14(12)20(22)26)11-17-19(25)13-8-4-6-10-15(13)21(27)23(17)29-2/h3-10H,11H2,1-2H3. The van der Waals surface area contributed by atoms with E-state index in [-0.39, 0.29) is 51.3 Å². The summed E-state index contributed by atoms with van der Waals surface area (Å²) in [6.07, 6.45) is -0.246. The molecule has 4 rings (SSSR count). The highest BCUT2D eigenvalue weighted by atomic mass is 16.5. The number of ether oxygens (including phenoxy) is 2. The van der Waals surface area contributed by atoms with Crippen LogP contribution in [0.15, 0.2) is 71.2 Å². The number of methoxy groups -OCH3 is 2. The van der Waals surface area contributed by atoms with Crippen LogP contribution in [0.3, 0.4) is 0 Å². The van der Waals surface area contributed by atoms with Crippen molar-refractivity contribution in [2.24, 2.45) is 0 Å². The van der Waals surface area contributed by atoms with Crippen LogP contribution in [0.25, 0.3) is 0 Å². The van der Waals surface area contributed by atoms with E-state index in [0.717, 1.165) is 0 Å². The highest BCUT2D eigenvalue weighted by Gasteiger charge is 2.38. The largest absolute Gasteiger partial charge is 0.492 e. The summed E-state index contributed by atoms with van der Waals surface area (Å²) >= 11 is 0. The average Bonchev–Trinajstić information content (AvgIpc) is 2.75. The molecule has 2 aliphatic rings. The molecule has 0 heterocycles. The molecule has 0 saturated carbocycles. The van der Waals surface area contributed by atoms with Crippen molar-refractivity contribution in [3.8, 4) is 0 Å². The van der Waals surface area contributed by atoms with Crippen molar-refractivity contribution in [1.29, 1.82) is 0 Å². The molecule has 29 heavy (non-hydrogen) atoms. The number of ketones is 4. The molecule has 2 aliphatic carbocycles. The number of benzene rings is 2. The van der Waals surface area contributed by atoms with E-state index in [2.05, 4.69) is 0 Å². The van der Waals surface area contributed by atoms with E-state index in [1.54, 1.807) is 48.5 Å². The summed E-state index contributed by atoms with van der Waals surface area (Å²) in [5.74, 6) is -1.97. The van der Waals surface area contributed by atoms with Crippen LogP contribution in [0.5, 0.6) is 0 Å². The molecule has 0 radical (unpaired) electrons. The first kappa shape index (κ1) is 18.6. The zero-order valence-electron chi connectivity index (χ0n) is 15.8. The van der Waals surface area contributed by atoms with Crippen LogP contribution < -0.4 is 0 Å². The van der Waals surface area contributed by atoms with Gasteiger partial charge in [-0.15, -0.1) is 0 Å². The number of Topliss-reactive ketones (excluding diaryl/α,β-unsaturated/α-hetero) is 4. The van der Waals surface area contributed by atoms with Gasteiger partial charge < -0.3 is 9.47 Å². The molecule has 0 unspecified atom stereocenters. The van der Waals surface area contributed by atoms with Gasteiger partial charge in [0, 0.05) is 28.7 Å². The van der Waals surface area contributed by atoms with E-state index in [4.69, 9.17) is 9.47 Å². The summed E-state index contributed by atoms with van der Waals surface area (Å²) in [7, 11) is 2.59. The van der Waals surface area contributed by atoms with Crippen LogP contribution in [0.4, 0.5) is 0 Å². The fourth-order valence-electron chi connectivity index (χ4n) is 3.74. The molecule has 2 aromatic rings. The first-order valence-electron chi connectivity index (χ1n) is 8.90. The van der Waals surface area contributed by atoms with Crippen LogP contribution in [0.1, 0.15) is 47.9 Å². The maximum absolute atomic E-state index is 13.1. The van der Waals surface area contributed by atoms with Crippen LogP contribution in [-0.4, -0.2) is 37.4 Å². The predicted molar refractivity (Wildman–Crippen MR) is 103 cm³/mol. The lowest BCUT2D eigenvalue weighted by atomic mass is 9.81. The monoisotopic (exact) mass is 388 g/mol. The number of hydrogen-bond acceptors (Lipinski definition) is 6. The molecule has 6 nitrogen and oxygen atoms in total. The third-order valence-electron chi connectivity index (χ3n) is 5.10. The van der Waals surface area contributed by atoms with Crippen LogP contribution in [0, 0.1) is 0 Å². The maximum atomic E-state index is 13.1. The van der Waals surface area contributed by atoms with E-state index in [0.29, 0.717) is 0 Å². The Morgan fingerprint density at radius 3 is 1.17 bits per heavy atom. The lowest BCUT2D eigenvalue weighted by Crippen LogP contribution is -2.27. The summed E-state index contributed by atoms with van der Waals surface area (Å²) in [5.41, 5.74) is 1.03. The Bertz CT molecular complexity index is 1070. The number of carbonyl (C=O) groups excluding carboxylic acids is 4. The van der Waals surface area contributed by atoms with Crippen molar-refractivity contribution in [2.75, 3.05) is 14.2 Å². The number of fused-ring (bicyclic) bond motifs is 2. The van der Waals surface area contributed by atoms with Gasteiger partial charge in [0.25, 0.3) is 0 Å². The quantitative estimate of drug-likeness (QED) is 0.798. The molecule has 0 spiro atoms. The second kappa shape index (κ2) is 6.98. The van der Waals surface area contributed by atoms with E-state index in [1.165, 1.54) is 14.2 Å². The topological polar surface area (TPSA) is 86.7 Å². The Kier molecular flexibility index (Phi) is 4.47. The number of rotatable bonds is 4. The fraction of sp³-hybridized carbons (Fsp3) is 0.130. The van der Waals surface area contributed by atoms with Gasteiger partial charge in [-0.25, -0.2) is 0 Å². The van der Waals surface area contributed by atoms with Crippen molar-refractivity contribution in [3.63, 3.8) is 0 Å². The fourth-order valence-corrected chi connectivity index (χ4v) is 3.74. The van der Waals surface area contributed by atoms with Crippen LogP contribution >= 0.6 is 0 Å². The molecule has 2 aromatic carbocycles. The minimum absolute atomic E-state index is 0.0290. The lowest BCUT2D eigenvalue weighted by Gasteiger charge is -2.23. The number of carbonyl (C=O) groups is 4. The SMILES string of the molecule is COC1=C(CC2=C(OC)C(=O)c3ccccc3C2=O)C(=O)c2ccccc2C1=O. The van der Waals surface area contributed by atoms with Crippen molar-refractivity contribution < 1.29 is 28.7 Å². The third-order valence-corrected chi connectivity index (χ3v) is 5.10. The van der Waals surface area contributed by atoms with Gasteiger partial charge in [0.1, 0.15) is 0 Å². The molecule has 0 amide bonds. The molecule has 0 aromatic heterocycles. The second-order valence-corrected chi connectivity index (χ2v) is 6.61. The van der Waals surface area contributed by atoms with Crippen molar-refractivity contribution >= 4 is 23.1 Å². The zero-order valence-corrected chi connectivity index (χ0v) is 15.8. The van der Waals surface area contributed by atoms with Gasteiger partial charge in [0.05, 0.1) is 25.4 Å². The molecule has 0 aliphatic heterocycles. The van der Waals surface area contributed by atoms with Crippen molar-refractivity contribution in [1.82, 2.24) is 0 Å². The summed E-state index contributed by atoms with van der Waals surface area (Å²) in [5, 5.41) is 0. The third kappa shape index (κ3) is 2.72. The molecule has 0 fully saturated rings. The molecule has 0 N–H and O–H groups in total. The van der Waals surface area contributed by atoms with Crippen molar-refractivity contribution in [3.05, 3.63) is 93.4 Å². The minimum atomic E-state index is -0.438. The maximum Gasteiger partial charge on any atom is 0.228 e. The summed E-state index contributed by atoms with van der Waals surface area (Å²) in [6, 6.07) is 12.8. The van der Waals surface area contributed by atoms with Crippen LogP contribution in [-0.2, 0) is 9.47 Å². The minimum Gasteiger partial charge on any atom is -0.492 e. The van der Waals surface area contributed by atoms with E-state index in [1.807, 2.05) is 0 Å². The predicted octanol–water partition coefficient (Wildman–Crippen LogP) is 3.34. The van der Waals surface area contributed by atoms with Gasteiger partial charge in [-0.2, -0.15) is 0 Å². The second-order valence-electron chi connectivity index (χ2n) is 6.61. The Morgan fingerprint density at radius 2 is 0.862 bits per heavy atom. The van der Waals surface area contributed by atoms with Gasteiger partial charge >= 0.3 is 0 Å². The molecular weight excluding hydrogens is 372 g/mol. The molecule has 0 bridgehead atoms. The van der Waals surface area contributed by atoms with Crippen LogP contribution in [0.2, 0.25) is 0 Å². The van der Waals surface area contributed by atoms with Gasteiger partial charge in [-0.05, 0) is 0 Å². The highest BCUT2D eigenvalue weighted by molar-refractivity contribution is 6.29. The van der Waals surface area contributed by atoms with Crippen molar-refractivity contribution in [2.45, 2.75) is 6.42 Å². The van der Waals surface area contributed by atoms with E-state index in [9.17, 15) is 19.2 Å². The molecule has 6 heteroatoms. The van der Waals surface area contributed by atoms with Gasteiger partial charge in [0.2, 0.25) is 11.6 Å². The Hall–Kier alpha value is -3.80. The Morgan fingerprint density at radius 1 is 0.552 bits per heavy atom. The average molecular weight is 388 g/mol. The number of allylic oxidation sites excluding steroid dienone is 4. The smallest absolute Gasteiger partial charge is 0.228 e. The molecule has 0 saturated heterocycles. The van der Waals surface area contributed by atoms with Gasteiger partial charge in [-0.1, -0.05) is 48.5 Å². The first-order chi connectivity index (χ1) is 14.0. The van der Waals surface area contributed by atoms with Gasteiger partial charge in [-0.3, -0.25) is 19.2 Å². The summed E-state index contributed by atoms with van der Waals surface area (Å²) in [4.78, 5) is 51.8. The Balaban J connectivity index is 1.86. The highest BCUT2D eigenvalue weighted by Crippen LogP contribution is 2.35. The molecule has 144 valence electrons. The van der Waals surface area contributed by atoms with E-state index < -0.39 is 23.1 Å². The van der Waals surface area contributed by atoms with E-state index >= 15 is 0 Å². The molecule has 0 atom stereocenters. The molecular formula is C23H16O6. The first-order valence-corrected chi connectivity index (χ1v) is 8.90. The normalized spacial score (nSPS) is 16.1.